The SMILES string of the molecule is O=c1ccc(-c2ccncc2)nn1CC1CCCN1CC1CCOCC1. The Morgan fingerprint density at radius 2 is 1.85 bits per heavy atom. The van der Waals surface area contributed by atoms with Crippen molar-refractivity contribution in [2.75, 3.05) is 26.3 Å². The van der Waals surface area contributed by atoms with Crippen molar-refractivity contribution in [2.45, 2.75) is 38.3 Å². The second-order valence-electron chi connectivity index (χ2n) is 7.32. The number of hydrogen-bond donors (Lipinski definition) is 0. The van der Waals surface area contributed by atoms with Crippen LogP contribution in [0.5, 0.6) is 0 Å². The van der Waals surface area contributed by atoms with Crippen LogP contribution in [0.25, 0.3) is 11.3 Å². The van der Waals surface area contributed by atoms with E-state index in [1.165, 1.54) is 6.42 Å². The quantitative estimate of drug-likeness (QED) is 0.824. The van der Waals surface area contributed by atoms with Crippen LogP contribution in [0.4, 0.5) is 0 Å². The van der Waals surface area contributed by atoms with Crippen LogP contribution in [0.2, 0.25) is 0 Å². The van der Waals surface area contributed by atoms with Crippen LogP contribution in [-0.4, -0.2) is 52.0 Å². The lowest BCUT2D eigenvalue weighted by atomic mass is 9.99. The third kappa shape index (κ3) is 4.02. The number of ether oxygens (including phenoxy) is 1. The van der Waals surface area contributed by atoms with Gasteiger partial charge in [-0.1, -0.05) is 0 Å². The molecule has 2 aromatic rings. The molecule has 6 heteroatoms. The van der Waals surface area contributed by atoms with Gasteiger partial charge in [-0.05, 0) is 56.3 Å². The maximum atomic E-state index is 12.3. The molecule has 6 nitrogen and oxygen atoms in total. The molecule has 1 unspecified atom stereocenters. The van der Waals surface area contributed by atoms with Gasteiger partial charge in [0, 0.05) is 49.8 Å². The highest BCUT2D eigenvalue weighted by molar-refractivity contribution is 5.56. The molecule has 26 heavy (non-hydrogen) atoms. The van der Waals surface area contributed by atoms with Crippen LogP contribution in [0, 0.1) is 5.92 Å². The molecule has 2 aromatic heterocycles. The van der Waals surface area contributed by atoms with E-state index in [0.717, 1.165) is 62.7 Å². The van der Waals surface area contributed by atoms with E-state index in [2.05, 4.69) is 15.0 Å². The summed E-state index contributed by atoms with van der Waals surface area (Å²) in [5.41, 5.74) is 1.78. The fourth-order valence-corrected chi connectivity index (χ4v) is 4.06. The van der Waals surface area contributed by atoms with E-state index in [1.54, 1.807) is 29.2 Å². The van der Waals surface area contributed by atoms with Gasteiger partial charge in [0.15, 0.2) is 0 Å². The molecule has 0 amide bonds. The Balaban J connectivity index is 1.48. The predicted molar refractivity (Wildman–Crippen MR) is 99.9 cm³/mol. The van der Waals surface area contributed by atoms with Gasteiger partial charge in [-0.3, -0.25) is 14.7 Å². The molecule has 2 saturated heterocycles. The van der Waals surface area contributed by atoms with Gasteiger partial charge in [-0.25, -0.2) is 4.68 Å². The first-order valence-electron chi connectivity index (χ1n) is 9.60. The summed E-state index contributed by atoms with van der Waals surface area (Å²) >= 11 is 0. The average molecular weight is 354 g/mol. The summed E-state index contributed by atoms with van der Waals surface area (Å²) < 4.78 is 7.12. The Morgan fingerprint density at radius 1 is 1.04 bits per heavy atom. The molecule has 4 heterocycles. The zero-order chi connectivity index (χ0) is 17.8. The van der Waals surface area contributed by atoms with E-state index < -0.39 is 0 Å². The summed E-state index contributed by atoms with van der Waals surface area (Å²) in [6.07, 6.45) is 8.14. The average Bonchev–Trinajstić information content (AvgIpc) is 3.12. The lowest BCUT2D eigenvalue weighted by Gasteiger charge is -2.31. The zero-order valence-electron chi connectivity index (χ0n) is 15.1. The second-order valence-corrected chi connectivity index (χ2v) is 7.32. The Kier molecular flexibility index (Phi) is 5.41. The fraction of sp³-hybridized carbons (Fsp3) is 0.550. The summed E-state index contributed by atoms with van der Waals surface area (Å²) in [5.74, 6) is 0.720. The largest absolute Gasteiger partial charge is 0.381 e. The molecule has 4 rings (SSSR count). The number of nitrogens with zero attached hydrogens (tertiary/aromatic N) is 4. The first-order chi connectivity index (χ1) is 12.8. The van der Waals surface area contributed by atoms with Gasteiger partial charge < -0.3 is 4.74 Å². The van der Waals surface area contributed by atoms with E-state index in [0.29, 0.717) is 12.6 Å². The summed E-state index contributed by atoms with van der Waals surface area (Å²) in [4.78, 5) is 18.9. The van der Waals surface area contributed by atoms with Crippen molar-refractivity contribution in [2.24, 2.45) is 5.92 Å². The molecule has 0 spiro atoms. The first-order valence-corrected chi connectivity index (χ1v) is 9.60. The smallest absolute Gasteiger partial charge is 0.266 e. The first kappa shape index (κ1) is 17.4. The number of rotatable bonds is 5. The van der Waals surface area contributed by atoms with Gasteiger partial charge in [0.05, 0.1) is 12.2 Å². The molecule has 2 fully saturated rings. The number of aromatic nitrogens is 3. The molecule has 0 saturated carbocycles. The Bertz CT molecular complexity index is 771. The van der Waals surface area contributed by atoms with E-state index in [4.69, 9.17) is 4.74 Å². The van der Waals surface area contributed by atoms with Crippen LogP contribution in [-0.2, 0) is 11.3 Å². The van der Waals surface area contributed by atoms with Crippen LogP contribution in [0.1, 0.15) is 25.7 Å². The van der Waals surface area contributed by atoms with Crippen LogP contribution < -0.4 is 5.56 Å². The van der Waals surface area contributed by atoms with Crippen LogP contribution in [0.3, 0.4) is 0 Å². The third-order valence-corrected chi connectivity index (χ3v) is 5.56. The molecule has 138 valence electrons. The highest BCUT2D eigenvalue weighted by Gasteiger charge is 2.28. The molecule has 0 radical (unpaired) electrons. The van der Waals surface area contributed by atoms with Crippen molar-refractivity contribution < 1.29 is 4.74 Å². The number of hydrogen-bond acceptors (Lipinski definition) is 5. The van der Waals surface area contributed by atoms with Gasteiger partial charge in [0.2, 0.25) is 0 Å². The third-order valence-electron chi connectivity index (χ3n) is 5.56. The predicted octanol–water partition coefficient (Wildman–Crippen LogP) is 2.20. The second kappa shape index (κ2) is 8.10. The highest BCUT2D eigenvalue weighted by Crippen LogP contribution is 2.24. The minimum absolute atomic E-state index is 0.0271. The summed E-state index contributed by atoms with van der Waals surface area (Å²) in [6.45, 7) is 4.69. The van der Waals surface area contributed by atoms with Crippen molar-refractivity contribution in [1.82, 2.24) is 19.7 Å². The molecule has 0 aromatic carbocycles. The van der Waals surface area contributed by atoms with Gasteiger partial charge >= 0.3 is 0 Å². The minimum Gasteiger partial charge on any atom is -0.381 e. The van der Waals surface area contributed by atoms with Crippen molar-refractivity contribution in [1.29, 1.82) is 0 Å². The fourth-order valence-electron chi connectivity index (χ4n) is 4.06. The van der Waals surface area contributed by atoms with E-state index in [-0.39, 0.29) is 5.56 Å². The summed E-state index contributed by atoms with van der Waals surface area (Å²) in [6, 6.07) is 7.66. The molecule has 0 N–H and O–H groups in total. The lowest BCUT2D eigenvalue weighted by molar-refractivity contribution is 0.0493. The Hall–Kier alpha value is -2.05. The molecule has 0 aliphatic carbocycles. The monoisotopic (exact) mass is 354 g/mol. The van der Waals surface area contributed by atoms with Crippen LogP contribution in [0.15, 0.2) is 41.5 Å². The number of pyridine rings is 1. The van der Waals surface area contributed by atoms with Gasteiger partial charge in [-0.15, -0.1) is 0 Å². The van der Waals surface area contributed by atoms with Gasteiger partial charge in [0.25, 0.3) is 5.56 Å². The molecule has 2 aliphatic heterocycles. The molecule has 2 aliphatic rings. The molecular formula is C20H26N4O2. The Morgan fingerprint density at radius 3 is 2.65 bits per heavy atom. The van der Waals surface area contributed by atoms with E-state index in [9.17, 15) is 4.79 Å². The Labute approximate surface area is 153 Å². The van der Waals surface area contributed by atoms with Crippen molar-refractivity contribution in [3.8, 4) is 11.3 Å². The molecular weight excluding hydrogens is 328 g/mol. The minimum atomic E-state index is -0.0271. The van der Waals surface area contributed by atoms with Crippen molar-refractivity contribution in [3.63, 3.8) is 0 Å². The summed E-state index contributed by atoms with van der Waals surface area (Å²) in [5, 5.41) is 4.62. The topological polar surface area (TPSA) is 60.2 Å². The molecule has 1 atom stereocenters. The molecule has 0 bridgehead atoms. The lowest BCUT2D eigenvalue weighted by Crippen LogP contribution is -2.40. The van der Waals surface area contributed by atoms with Crippen molar-refractivity contribution >= 4 is 0 Å². The standard InChI is InChI=1S/C20H26N4O2/c25-20-4-3-19(17-5-9-21-10-6-17)22-24(20)15-18-2-1-11-23(18)14-16-7-12-26-13-8-16/h3-6,9-10,16,18H,1-2,7-8,11-15H2. The maximum absolute atomic E-state index is 12.3. The van der Waals surface area contributed by atoms with E-state index >= 15 is 0 Å². The van der Waals surface area contributed by atoms with E-state index in [1.807, 2.05) is 12.1 Å². The summed E-state index contributed by atoms with van der Waals surface area (Å²) in [7, 11) is 0. The van der Waals surface area contributed by atoms with Gasteiger partial charge in [-0.2, -0.15) is 5.10 Å². The normalized spacial score (nSPS) is 21.9. The highest BCUT2D eigenvalue weighted by atomic mass is 16.5. The number of likely N-dealkylation sites (tertiary alicyclic amines) is 1. The maximum Gasteiger partial charge on any atom is 0.266 e. The van der Waals surface area contributed by atoms with Crippen molar-refractivity contribution in [3.05, 3.63) is 47.0 Å². The van der Waals surface area contributed by atoms with Gasteiger partial charge in [0.1, 0.15) is 0 Å². The van der Waals surface area contributed by atoms with Crippen LogP contribution >= 0.6 is 0 Å². The zero-order valence-corrected chi connectivity index (χ0v) is 15.1.